The summed E-state index contributed by atoms with van der Waals surface area (Å²) in [7, 11) is 0. The van der Waals surface area contributed by atoms with Gasteiger partial charge in [-0.1, -0.05) is 409 Å². The van der Waals surface area contributed by atoms with E-state index in [0.717, 1.165) is 96.4 Å². The van der Waals surface area contributed by atoms with Crippen molar-refractivity contribution >= 4 is 87.2 Å². The molecule has 0 N–H and O–H groups in total. The molecule has 0 amide bonds. The molecule has 0 aliphatic heterocycles. The van der Waals surface area contributed by atoms with Gasteiger partial charge in [-0.25, -0.2) is 0 Å². The van der Waals surface area contributed by atoms with E-state index in [1.165, 1.54) is 421 Å². The number of hydrogen-bond acceptors (Lipinski definition) is 0. The highest BCUT2D eigenvalue weighted by Crippen LogP contribution is 2.37. The third-order valence-electron chi connectivity index (χ3n) is 28.3. The van der Waals surface area contributed by atoms with Crippen molar-refractivity contribution < 1.29 is 0 Å². The van der Waals surface area contributed by atoms with Gasteiger partial charge >= 0.3 is 0 Å². The minimum atomic E-state index is 0.946. The van der Waals surface area contributed by atoms with E-state index in [1.54, 1.807) is 0 Å². The lowest BCUT2D eigenvalue weighted by molar-refractivity contribution is 0.528. The first-order valence-corrected chi connectivity index (χ1v) is 53.8. The van der Waals surface area contributed by atoms with E-state index in [1.807, 2.05) is 0 Å². The molecule has 0 radical (unpaired) electrons. The fourth-order valence-electron chi connectivity index (χ4n) is 20.7. The molecule has 4 nitrogen and oxygen atoms in total. The van der Waals surface area contributed by atoms with Crippen LogP contribution in [0.4, 0.5) is 0 Å². The quantitative estimate of drug-likeness (QED) is 0.0267. The van der Waals surface area contributed by atoms with Gasteiger partial charge in [0, 0.05) is 158 Å². The Bertz CT molecular complexity index is 5140. The Morgan fingerprint density at radius 2 is 0.242 bits per heavy atom. The molecular formula is C128H156N4. The molecule has 8 aromatic carbocycles. The maximum Gasteiger partial charge on any atom is 0.0492 e. The molecule has 0 unspecified atom stereocenters. The molecule has 4 aromatic heterocycles. The molecule has 0 fully saturated rings. The summed E-state index contributed by atoms with van der Waals surface area (Å²) in [6.45, 7) is 13.1. The first kappa shape index (κ1) is 98.9. The van der Waals surface area contributed by atoms with Crippen molar-refractivity contribution in [2.45, 2.75) is 413 Å². The molecule has 4 heterocycles. The van der Waals surface area contributed by atoms with Crippen LogP contribution in [0.5, 0.6) is 0 Å². The zero-order chi connectivity index (χ0) is 90.9. The van der Waals surface area contributed by atoms with Crippen molar-refractivity contribution in [1.29, 1.82) is 0 Å². The van der Waals surface area contributed by atoms with Crippen molar-refractivity contribution in [1.82, 2.24) is 18.3 Å². The highest BCUT2D eigenvalue weighted by molar-refractivity contribution is 6.12. The standard InChI is InChI=1S/C128H156N4/c1-5-9-13-17-21-25-29-33-37-41-45-49-53-65-93-129-121-85-77-105-69-57-59-71-107-79-87-123-115(99-107)117-101-109(81-89-125(117)130(123)94-66-54-50-46-42-38-34-30-26-22-18-14-10-6-2)73-61-63-75-111-83-91-127-119(103-111)120-104-112(84-92-128(120)132(127)96-68-56-52-48-44-40-36-32-28-24-20-16-12-8-4)76-64-62-74-110-82-90-126-118(102-110)116-100-108(72-60-58-70-106-78-86-122(129)114(98-106)113(121)97-105)80-88-124(116)131(126)95-67-55-51-47-43-39-35-31-27-23-19-15-11-7-3/h77-92,97-104H,5-56,65-68,93-96H2,1-4H3. The van der Waals surface area contributed by atoms with Crippen molar-refractivity contribution in [2.75, 3.05) is 0 Å². The molecule has 0 spiro atoms. The highest BCUT2D eigenvalue weighted by Gasteiger charge is 2.18. The molecule has 4 heteroatoms. The monoisotopic (exact) mass is 1750 g/mol. The molecule has 12 aromatic rings. The van der Waals surface area contributed by atoms with Gasteiger partial charge < -0.3 is 18.3 Å². The number of rotatable bonds is 60. The van der Waals surface area contributed by atoms with Gasteiger partial charge in [0.15, 0.2) is 0 Å². The average molecular weight is 1750 g/mol. The Balaban J connectivity index is 0.795. The molecule has 16 bridgehead atoms. The van der Waals surface area contributed by atoms with Crippen LogP contribution in [-0.2, 0) is 26.2 Å². The van der Waals surface area contributed by atoms with Crippen LogP contribution >= 0.6 is 0 Å². The van der Waals surface area contributed by atoms with E-state index in [-0.39, 0.29) is 0 Å². The molecule has 0 atom stereocenters. The minimum absolute atomic E-state index is 0.946. The van der Waals surface area contributed by atoms with Gasteiger partial charge in [0.05, 0.1) is 0 Å². The number of aryl methyl sites for hydroxylation is 4. The summed E-state index contributed by atoms with van der Waals surface area (Å²) in [4.78, 5) is 0. The zero-order valence-corrected chi connectivity index (χ0v) is 82.1. The van der Waals surface area contributed by atoms with Gasteiger partial charge in [0.2, 0.25) is 0 Å². The van der Waals surface area contributed by atoms with E-state index in [9.17, 15) is 0 Å². The van der Waals surface area contributed by atoms with Crippen LogP contribution in [-0.4, -0.2) is 18.3 Å². The summed E-state index contributed by atoms with van der Waals surface area (Å²) >= 11 is 0. The first-order chi connectivity index (χ1) is 65.5. The van der Waals surface area contributed by atoms with Crippen LogP contribution < -0.4 is 0 Å². The summed E-state index contributed by atoms with van der Waals surface area (Å²) in [6.07, 6.45) is 75.3. The van der Waals surface area contributed by atoms with Gasteiger partial charge in [-0.3, -0.25) is 0 Å². The van der Waals surface area contributed by atoms with E-state index in [2.05, 4.69) is 286 Å². The van der Waals surface area contributed by atoms with Gasteiger partial charge in [-0.05, 0) is 219 Å². The number of fused-ring (bicyclic) bond motifs is 8. The number of hydrogen-bond donors (Lipinski definition) is 0. The second-order valence-corrected chi connectivity index (χ2v) is 38.8. The number of unbranched alkanes of at least 4 members (excludes halogenated alkanes) is 52. The maximum atomic E-state index is 3.50. The molecule has 0 saturated carbocycles. The fourth-order valence-corrected chi connectivity index (χ4v) is 20.7. The molecular weight excluding hydrogens is 1590 g/mol. The SMILES string of the molecule is CCCCCCCCCCCCCCCCn1c2ccc3cc2c2cc(ccc21)C#CC#Cc1ccc2c(c1)c1cc(ccc1n2CCCCCCCCCCCCCCCC)C#CC#Cc1ccc2c(c1)c1cc(ccc1n2CCCCCCCCCCCCCCCC)C#CC#Cc1ccc2c(c1)c1cc(ccc1n2CCCCCCCCCCCCCCCC)C#CC#C3. The summed E-state index contributed by atoms with van der Waals surface area (Å²) in [6, 6.07) is 54.0. The average Bonchev–Trinajstić information content (AvgIpc) is 1.63. The Kier molecular flexibility index (Phi) is 42.8. The fraction of sp³-hybridized carbons (Fsp3) is 0.500. The zero-order valence-electron chi connectivity index (χ0n) is 82.1. The Morgan fingerprint density at radius 3 is 0.356 bits per heavy atom. The topological polar surface area (TPSA) is 19.7 Å². The van der Waals surface area contributed by atoms with Crippen molar-refractivity contribution in [3.05, 3.63) is 190 Å². The third kappa shape index (κ3) is 30.7. The lowest BCUT2D eigenvalue weighted by atomic mass is 10.0. The molecule has 0 saturated heterocycles. The molecule has 1 aliphatic carbocycles. The molecule has 13 rings (SSSR count). The van der Waals surface area contributed by atoms with Crippen LogP contribution in [0.3, 0.4) is 0 Å². The van der Waals surface area contributed by atoms with Gasteiger partial charge in [0.1, 0.15) is 0 Å². The largest absolute Gasteiger partial charge is 0.340 e. The second-order valence-electron chi connectivity index (χ2n) is 38.8. The number of aromatic nitrogens is 4. The van der Waals surface area contributed by atoms with Crippen LogP contribution in [0.2, 0.25) is 0 Å². The second kappa shape index (κ2) is 57.1. The van der Waals surface area contributed by atoms with Gasteiger partial charge in [0.25, 0.3) is 0 Å². The number of benzene rings is 8. The van der Waals surface area contributed by atoms with Crippen LogP contribution in [0.1, 0.15) is 432 Å². The summed E-state index contributed by atoms with van der Waals surface area (Å²) < 4.78 is 10.2. The smallest absolute Gasteiger partial charge is 0.0492 e. The molecule has 132 heavy (non-hydrogen) atoms. The Hall–Kier alpha value is -10.6. The van der Waals surface area contributed by atoms with Gasteiger partial charge in [-0.2, -0.15) is 0 Å². The first-order valence-electron chi connectivity index (χ1n) is 53.8. The van der Waals surface area contributed by atoms with E-state index in [0.29, 0.717) is 0 Å². The van der Waals surface area contributed by atoms with Crippen LogP contribution in [0, 0.1) is 94.7 Å². The molecule has 688 valence electrons. The predicted octanol–water partition coefficient (Wildman–Crippen LogP) is 36.0. The lowest BCUT2D eigenvalue weighted by Gasteiger charge is -2.08. The van der Waals surface area contributed by atoms with Crippen LogP contribution in [0.15, 0.2) is 146 Å². The summed E-state index contributed by atoms with van der Waals surface area (Å²) in [5.74, 6) is 54.5. The lowest BCUT2D eigenvalue weighted by Crippen LogP contribution is -1.98. The van der Waals surface area contributed by atoms with Crippen molar-refractivity contribution in [2.24, 2.45) is 0 Å². The van der Waals surface area contributed by atoms with Crippen molar-refractivity contribution in [3.8, 4) is 94.7 Å². The minimum Gasteiger partial charge on any atom is -0.340 e. The predicted molar refractivity (Wildman–Crippen MR) is 574 cm³/mol. The third-order valence-corrected chi connectivity index (χ3v) is 28.3. The van der Waals surface area contributed by atoms with Crippen molar-refractivity contribution in [3.63, 3.8) is 0 Å². The molecule has 1 aliphatic rings. The van der Waals surface area contributed by atoms with Crippen LogP contribution in [0.25, 0.3) is 87.2 Å². The van der Waals surface area contributed by atoms with E-state index in [4.69, 9.17) is 0 Å². The Morgan fingerprint density at radius 1 is 0.136 bits per heavy atom. The summed E-state index contributed by atoms with van der Waals surface area (Å²) in [5.41, 5.74) is 17.4. The van der Waals surface area contributed by atoms with E-state index >= 15 is 0 Å². The number of nitrogens with zero attached hydrogens (tertiary/aromatic N) is 4. The normalized spacial score (nSPS) is 11.8. The van der Waals surface area contributed by atoms with E-state index < -0.39 is 0 Å². The Labute approximate surface area is 798 Å². The summed E-state index contributed by atoms with van der Waals surface area (Å²) in [5, 5.41) is 9.52. The highest BCUT2D eigenvalue weighted by atomic mass is 15.0. The maximum absolute atomic E-state index is 3.50. The van der Waals surface area contributed by atoms with Gasteiger partial charge in [-0.15, -0.1) is 0 Å².